The number of unbranched alkanes of at least 4 members (excludes halogenated alkanes) is 5. The van der Waals surface area contributed by atoms with Crippen LogP contribution in [-0.4, -0.2) is 38.3 Å². The van der Waals surface area contributed by atoms with E-state index in [2.05, 4.69) is 13.8 Å². The number of benzene rings is 2. The first kappa shape index (κ1) is 28.9. The standard InChI is InChI=1S/C29H40F2O4/c1-4-6-8-10-19-33-21-27(28(30)31)25-13-11-23(12-14-25)24-15-17-26(18-16-24)35-29(32)22(3)34-20-9-7-5-2/h11-18,22,27-28H,4-10,19-21H2,1-3H3/t22-,27+/m1/s1. The molecular weight excluding hydrogens is 450 g/mol. The highest BCUT2D eigenvalue weighted by Crippen LogP contribution is 2.28. The maximum atomic E-state index is 13.6. The lowest BCUT2D eigenvalue weighted by Gasteiger charge is -2.17. The van der Waals surface area contributed by atoms with Crippen LogP contribution in [0.5, 0.6) is 5.75 Å². The second kappa shape index (κ2) is 16.4. The van der Waals surface area contributed by atoms with E-state index in [-0.39, 0.29) is 6.61 Å². The molecule has 2 atom stereocenters. The Hall–Kier alpha value is -2.31. The smallest absolute Gasteiger partial charge is 0.340 e. The molecule has 2 aromatic rings. The maximum absolute atomic E-state index is 13.6. The molecule has 0 radical (unpaired) electrons. The second-order valence-electron chi connectivity index (χ2n) is 8.86. The minimum atomic E-state index is -2.48. The van der Waals surface area contributed by atoms with E-state index in [4.69, 9.17) is 14.2 Å². The van der Waals surface area contributed by atoms with Gasteiger partial charge in [-0.15, -0.1) is 0 Å². The minimum absolute atomic E-state index is 0.0178. The van der Waals surface area contributed by atoms with Crippen LogP contribution in [0.15, 0.2) is 48.5 Å². The molecule has 0 N–H and O–H groups in total. The van der Waals surface area contributed by atoms with Crippen LogP contribution in [0.3, 0.4) is 0 Å². The highest BCUT2D eigenvalue weighted by molar-refractivity contribution is 5.77. The number of halogens is 2. The Bertz CT molecular complexity index is 837. The highest BCUT2D eigenvalue weighted by atomic mass is 19.3. The largest absolute Gasteiger partial charge is 0.425 e. The van der Waals surface area contributed by atoms with Gasteiger partial charge in [-0.1, -0.05) is 82.3 Å². The number of carbonyl (C=O) groups excluding carboxylic acids is 1. The van der Waals surface area contributed by atoms with Crippen molar-refractivity contribution in [3.8, 4) is 16.9 Å². The summed E-state index contributed by atoms with van der Waals surface area (Å²) >= 11 is 0. The van der Waals surface area contributed by atoms with E-state index in [1.54, 1.807) is 31.2 Å². The third-order valence-electron chi connectivity index (χ3n) is 5.94. The summed E-state index contributed by atoms with van der Waals surface area (Å²) in [5.74, 6) is -0.930. The first-order valence-corrected chi connectivity index (χ1v) is 12.9. The van der Waals surface area contributed by atoms with Crippen molar-refractivity contribution in [2.24, 2.45) is 0 Å². The summed E-state index contributed by atoms with van der Waals surface area (Å²) in [4.78, 5) is 12.2. The summed E-state index contributed by atoms with van der Waals surface area (Å²) in [5.41, 5.74) is 2.37. The predicted octanol–water partition coefficient (Wildman–Crippen LogP) is 7.80. The molecule has 0 unspecified atom stereocenters. The van der Waals surface area contributed by atoms with Gasteiger partial charge in [0.1, 0.15) is 5.75 Å². The molecule has 0 heterocycles. The van der Waals surface area contributed by atoms with Gasteiger partial charge in [0.2, 0.25) is 6.43 Å². The van der Waals surface area contributed by atoms with Crippen LogP contribution in [0.25, 0.3) is 11.1 Å². The SMILES string of the molecule is CCCCCCOC[C@@H](c1ccc(-c2ccc(OC(=O)[C@@H](C)OCCCCC)cc2)cc1)C(F)F. The van der Waals surface area contributed by atoms with Gasteiger partial charge in [0, 0.05) is 13.2 Å². The summed E-state index contributed by atoms with van der Waals surface area (Å²) in [6, 6.07) is 14.3. The van der Waals surface area contributed by atoms with Gasteiger partial charge in [-0.05, 0) is 48.6 Å². The fourth-order valence-electron chi connectivity index (χ4n) is 3.67. The first-order chi connectivity index (χ1) is 17.0. The lowest BCUT2D eigenvalue weighted by molar-refractivity contribution is -0.146. The Labute approximate surface area is 209 Å². The molecule has 2 rings (SSSR count). The Morgan fingerprint density at radius 2 is 1.37 bits per heavy atom. The Morgan fingerprint density at radius 3 is 1.97 bits per heavy atom. The van der Waals surface area contributed by atoms with Crippen molar-refractivity contribution < 1.29 is 27.8 Å². The van der Waals surface area contributed by atoms with E-state index in [9.17, 15) is 13.6 Å². The van der Waals surface area contributed by atoms with Crippen molar-refractivity contribution in [3.05, 3.63) is 54.1 Å². The molecule has 0 amide bonds. The summed E-state index contributed by atoms with van der Waals surface area (Å²) < 4.78 is 43.7. The molecule has 194 valence electrons. The second-order valence-corrected chi connectivity index (χ2v) is 8.86. The molecule has 0 saturated carbocycles. The maximum Gasteiger partial charge on any atom is 0.340 e. The molecule has 0 saturated heterocycles. The summed E-state index contributed by atoms with van der Waals surface area (Å²) in [6.07, 6.45) is 4.22. The number of ether oxygens (including phenoxy) is 3. The lowest BCUT2D eigenvalue weighted by Crippen LogP contribution is -2.26. The van der Waals surface area contributed by atoms with E-state index in [1.807, 2.05) is 24.3 Å². The van der Waals surface area contributed by atoms with Gasteiger partial charge in [0.25, 0.3) is 0 Å². The van der Waals surface area contributed by atoms with Gasteiger partial charge in [-0.25, -0.2) is 13.6 Å². The van der Waals surface area contributed by atoms with Gasteiger partial charge >= 0.3 is 5.97 Å². The number of hydrogen-bond acceptors (Lipinski definition) is 4. The number of carbonyl (C=O) groups is 1. The van der Waals surface area contributed by atoms with Crippen LogP contribution in [0.1, 0.15) is 77.2 Å². The average Bonchev–Trinajstić information content (AvgIpc) is 2.86. The van der Waals surface area contributed by atoms with Crippen LogP contribution >= 0.6 is 0 Å². The van der Waals surface area contributed by atoms with Gasteiger partial charge < -0.3 is 14.2 Å². The van der Waals surface area contributed by atoms with Gasteiger partial charge in [-0.3, -0.25) is 0 Å². The van der Waals surface area contributed by atoms with Crippen LogP contribution < -0.4 is 4.74 Å². The Kier molecular flexibility index (Phi) is 13.5. The molecule has 0 spiro atoms. The van der Waals surface area contributed by atoms with Crippen molar-refractivity contribution in [2.75, 3.05) is 19.8 Å². The first-order valence-electron chi connectivity index (χ1n) is 12.9. The van der Waals surface area contributed by atoms with E-state index >= 15 is 0 Å². The molecule has 0 aliphatic rings. The van der Waals surface area contributed by atoms with E-state index in [1.165, 1.54) is 0 Å². The van der Waals surface area contributed by atoms with Gasteiger partial charge in [-0.2, -0.15) is 0 Å². The number of rotatable bonds is 17. The van der Waals surface area contributed by atoms with E-state index in [0.717, 1.165) is 56.1 Å². The van der Waals surface area contributed by atoms with Crippen molar-refractivity contribution in [2.45, 2.75) is 84.2 Å². The molecule has 0 aromatic heterocycles. The lowest BCUT2D eigenvalue weighted by atomic mass is 9.97. The topological polar surface area (TPSA) is 44.8 Å². The monoisotopic (exact) mass is 490 g/mol. The molecule has 4 nitrogen and oxygen atoms in total. The highest BCUT2D eigenvalue weighted by Gasteiger charge is 2.23. The van der Waals surface area contributed by atoms with Crippen LogP contribution in [0, 0.1) is 0 Å². The predicted molar refractivity (Wildman–Crippen MR) is 136 cm³/mol. The average molecular weight is 491 g/mol. The van der Waals surface area contributed by atoms with Gasteiger partial charge in [0.15, 0.2) is 6.10 Å². The Balaban J connectivity index is 1.89. The summed E-state index contributed by atoms with van der Waals surface area (Å²) in [6.45, 7) is 7.01. The molecule has 6 heteroatoms. The molecule has 0 fully saturated rings. The molecule has 0 aliphatic heterocycles. The van der Waals surface area contributed by atoms with Crippen molar-refractivity contribution in [1.29, 1.82) is 0 Å². The number of hydrogen-bond donors (Lipinski definition) is 0. The fraction of sp³-hybridized carbons (Fsp3) is 0.552. The zero-order valence-corrected chi connectivity index (χ0v) is 21.3. The molecule has 35 heavy (non-hydrogen) atoms. The number of esters is 1. The molecular formula is C29H40F2O4. The Morgan fingerprint density at radius 1 is 0.800 bits per heavy atom. The van der Waals surface area contributed by atoms with Crippen LogP contribution in [0.4, 0.5) is 8.78 Å². The molecule has 0 bridgehead atoms. The normalized spacial score (nSPS) is 13.1. The summed E-state index contributed by atoms with van der Waals surface area (Å²) in [5, 5.41) is 0. The molecule has 2 aromatic carbocycles. The zero-order chi connectivity index (χ0) is 25.5. The fourth-order valence-corrected chi connectivity index (χ4v) is 3.67. The van der Waals surface area contributed by atoms with E-state index in [0.29, 0.717) is 24.5 Å². The van der Waals surface area contributed by atoms with Crippen molar-refractivity contribution >= 4 is 5.97 Å². The third kappa shape index (κ3) is 10.5. The third-order valence-corrected chi connectivity index (χ3v) is 5.94. The van der Waals surface area contributed by atoms with E-state index < -0.39 is 24.4 Å². The van der Waals surface area contributed by atoms with Crippen LogP contribution in [0.2, 0.25) is 0 Å². The van der Waals surface area contributed by atoms with Gasteiger partial charge in [0.05, 0.1) is 12.5 Å². The minimum Gasteiger partial charge on any atom is -0.425 e. The van der Waals surface area contributed by atoms with Crippen molar-refractivity contribution in [1.82, 2.24) is 0 Å². The van der Waals surface area contributed by atoms with Crippen molar-refractivity contribution in [3.63, 3.8) is 0 Å². The summed E-state index contributed by atoms with van der Waals surface area (Å²) in [7, 11) is 0. The number of alkyl halides is 2. The zero-order valence-electron chi connectivity index (χ0n) is 21.3. The quantitative estimate of drug-likeness (QED) is 0.129. The van der Waals surface area contributed by atoms with Crippen LogP contribution in [-0.2, 0) is 14.3 Å². The molecule has 0 aliphatic carbocycles.